The lowest BCUT2D eigenvalue weighted by Gasteiger charge is -2.09. The molecular formula is C11H9BrCl2N2O2S2. The monoisotopic (exact) mass is 414 g/mol. The Hall–Kier alpha value is -0.310. The van der Waals surface area contributed by atoms with Crippen LogP contribution in [-0.4, -0.2) is 8.42 Å². The summed E-state index contributed by atoms with van der Waals surface area (Å²) >= 11 is 16.2. The van der Waals surface area contributed by atoms with Crippen LogP contribution in [0.3, 0.4) is 0 Å². The summed E-state index contributed by atoms with van der Waals surface area (Å²) in [5.41, 5.74) is 5.77. The number of hydrogen-bond acceptors (Lipinski definition) is 4. The second-order valence-electron chi connectivity index (χ2n) is 3.78. The van der Waals surface area contributed by atoms with Crippen molar-refractivity contribution in [1.82, 2.24) is 0 Å². The molecule has 0 fully saturated rings. The van der Waals surface area contributed by atoms with Gasteiger partial charge in [0.25, 0.3) is 10.0 Å². The Morgan fingerprint density at radius 3 is 2.55 bits per heavy atom. The summed E-state index contributed by atoms with van der Waals surface area (Å²) < 4.78 is 27.6. The third-order valence-corrected chi connectivity index (χ3v) is 6.56. The van der Waals surface area contributed by atoms with Crippen LogP contribution >= 0.6 is 50.5 Å². The van der Waals surface area contributed by atoms with E-state index in [0.29, 0.717) is 8.81 Å². The van der Waals surface area contributed by atoms with Gasteiger partial charge in [-0.05, 0) is 40.2 Å². The summed E-state index contributed by atoms with van der Waals surface area (Å²) in [6.45, 7) is 0.278. The molecule has 2 rings (SSSR count). The Morgan fingerprint density at radius 2 is 2.00 bits per heavy atom. The van der Waals surface area contributed by atoms with Crippen molar-refractivity contribution in [3.8, 4) is 0 Å². The molecule has 0 bridgehead atoms. The van der Waals surface area contributed by atoms with Gasteiger partial charge in [0.05, 0.1) is 14.5 Å². The molecule has 2 aromatic rings. The van der Waals surface area contributed by atoms with Gasteiger partial charge in [-0.1, -0.05) is 23.2 Å². The van der Waals surface area contributed by atoms with Crippen LogP contribution in [0.5, 0.6) is 0 Å². The van der Waals surface area contributed by atoms with Gasteiger partial charge >= 0.3 is 0 Å². The molecular weight excluding hydrogens is 407 g/mol. The third kappa shape index (κ3) is 3.47. The van der Waals surface area contributed by atoms with Crippen LogP contribution < -0.4 is 10.5 Å². The quantitative estimate of drug-likeness (QED) is 0.790. The minimum absolute atomic E-state index is 0.133. The molecule has 0 aliphatic carbocycles. The van der Waals surface area contributed by atoms with Crippen molar-refractivity contribution in [3.63, 3.8) is 0 Å². The second kappa shape index (κ2) is 6.21. The molecule has 3 N–H and O–H groups in total. The first-order valence-electron chi connectivity index (χ1n) is 5.29. The van der Waals surface area contributed by atoms with Gasteiger partial charge in [-0.2, -0.15) is 0 Å². The van der Waals surface area contributed by atoms with Crippen molar-refractivity contribution in [1.29, 1.82) is 0 Å². The molecule has 1 aromatic heterocycles. The van der Waals surface area contributed by atoms with E-state index in [1.54, 1.807) is 6.07 Å². The van der Waals surface area contributed by atoms with Gasteiger partial charge in [-0.3, -0.25) is 4.72 Å². The average molecular weight is 416 g/mol. The lowest BCUT2D eigenvalue weighted by Crippen LogP contribution is -2.13. The molecule has 0 atom stereocenters. The summed E-state index contributed by atoms with van der Waals surface area (Å²) in [5.74, 6) is 0. The number of sulfonamides is 1. The molecule has 20 heavy (non-hydrogen) atoms. The number of hydrogen-bond donors (Lipinski definition) is 2. The van der Waals surface area contributed by atoms with E-state index in [9.17, 15) is 8.42 Å². The summed E-state index contributed by atoms with van der Waals surface area (Å²) in [6.07, 6.45) is 0. The molecule has 1 aromatic carbocycles. The van der Waals surface area contributed by atoms with E-state index in [0.717, 1.165) is 4.88 Å². The van der Waals surface area contributed by atoms with Crippen molar-refractivity contribution >= 4 is 66.2 Å². The summed E-state index contributed by atoms with van der Waals surface area (Å²) in [5, 5.41) is 0.659. The first-order valence-corrected chi connectivity index (χ1v) is 9.14. The summed E-state index contributed by atoms with van der Waals surface area (Å²) in [6, 6.07) is 6.06. The fraction of sp³-hybridized carbons (Fsp3) is 0.0909. The number of thiophene rings is 1. The molecule has 0 radical (unpaired) electrons. The van der Waals surface area contributed by atoms with E-state index >= 15 is 0 Å². The van der Waals surface area contributed by atoms with E-state index in [-0.39, 0.29) is 22.2 Å². The number of anilines is 1. The lowest BCUT2D eigenvalue weighted by molar-refractivity contribution is 0.601. The Bertz CT molecular complexity index is 747. The van der Waals surface area contributed by atoms with Crippen LogP contribution in [0.25, 0.3) is 0 Å². The van der Waals surface area contributed by atoms with E-state index in [2.05, 4.69) is 20.7 Å². The van der Waals surface area contributed by atoms with E-state index < -0.39 is 10.0 Å². The maximum Gasteiger partial charge on any atom is 0.263 e. The van der Waals surface area contributed by atoms with Gasteiger partial charge in [0.2, 0.25) is 0 Å². The van der Waals surface area contributed by atoms with Gasteiger partial charge in [0.1, 0.15) is 4.90 Å². The highest BCUT2D eigenvalue weighted by atomic mass is 79.9. The number of nitrogens with two attached hydrogens (primary N) is 1. The van der Waals surface area contributed by atoms with Gasteiger partial charge in [0.15, 0.2) is 0 Å². The third-order valence-electron chi connectivity index (χ3n) is 2.37. The molecule has 0 saturated heterocycles. The molecule has 4 nitrogen and oxygen atoms in total. The van der Waals surface area contributed by atoms with Crippen molar-refractivity contribution in [2.75, 3.05) is 4.72 Å². The first-order chi connectivity index (χ1) is 9.33. The van der Waals surface area contributed by atoms with Crippen LogP contribution in [0, 0.1) is 0 Å². The summed E-state index contributed by atoms with van der Waals surface area (Å²) in [4.78, 5) is 0.897. The Balaban J connectivity index is 2.38. The van der Waals surface area contributed by atoms with Crippen LogP contribution in [0.2, 0.25) is 10.0 Å². The Morgan fingerprint density at radius 1 is 1.30 bits per heavy atom. The minimum Gasteiger partial charge on any atom is -0.326 e. The molecule has 0 amide bonds. The smallest absolute Gasteiger partial charge is 0.263 e. The lowest BCUT2D eigenvalue weighted by atomic mass is 10.3. The number of rotatable bonds is 4. The van der Waals surface area contributed by atoms with Crippen LogP contribution in [0.15, 0.2) is 32.9 Å². The summed E-state index contributed by atoms with van der Waals surface area (Å²) in [7, 11) is -3.74. The van der Waals surface area contributed by atoms with Gasteiger partial charge < -0.3 is 5.73 Å². The maximum absolute atomic E-state index is 12.3. The highest BCUT2D eigenvalue weighted by molar-refractivity contribution is 9.11. The number of benzene rings is 1. The zero-order valence-electron chi connectivity index (χ0n) is 9.86. The fourth-order valence-corrected chi connectivity index (χ4v) is 5.61. The van der Waals surface area contributed by atoms with Crippen LogP contribution in [0.4, 0.5) is 5.69 Å². The number of halogens is 3. The SMILES string of the molecule is NCc1cc(S(=O)(=O)Nc2ccc(Cl)cc2Cl)c(Br)s1. The van der Waals surface area contributed by atoms with Crippen LogP contribution in [0.1, 0.15) is 4.88 Å². The second-order valence-corrected chi connectivity index (χ2v) is 8.73. The molecule has 0 spiro atoms. The maximum atomic E-state index is 12.3. The molecule has 0 aliphatic rings. The van der Waals surface area contributed by atoms with Gasteiger partial charge in [0, 0.05) is 16.4 Å². The van der Waals surface area contributed by atoms with Crippen molar-refractivity contribution in [2.45, 2.75) is 11.4 Å². The largest absolute Gasteiger partial charge is 0.326 e. The first kappa shape index (κ1) is 16.1. The van der Waals surface area contributed by atoms with E-state index in [1.807, 2.05) is 0 Å². The Kier molecular flexibility index (Phi) is 4.99. The van der Waals surface area contributed by atoms with Gasteiger partial charge in [-0.25, -0.2) is 8.42 Å². The minimum atomic E-state index is -3.74. The van der Waals surface area contributed by atoms with E-state index in [4.69, 9.17) is 28.9 Å². The number of nitrogens with one attached hydrogen (secondary N) is 1. The molecule has 0 unspecified atom stereocenters. The van der Waals surface area contributed by atoms with Crippen molar-refractivity contribution in [2.24, 2.45) is 5.73 Å². The normalized spacial score (nSPS) is 11.6. The van der Waals surface area contributed by atoms with E-state index in [1.165, 1.54) is 29.5 Å². The predicted octanol–water partition coefficient (Wildman–Crippen LogP) is 4.08. The standard InChI is InChI=1S/C11H9BrCl2N2O2S2/c12-11-10(4-7(5-15)19-11)20(17,18)16-9-2-1-6(13)3-8(9)14/h1-4,16H,5,15H2. The molecule has 0 aliphatic heterocycles. The average Bonchev–Trinajstić information content (AvgIpc) is 2.75. The van der Waals surface area contributed by atoms with Crippen LogP contribution in [-0.2, 0) is 16.6 Å². The van der Waals surface area contributed by atoms with Crippen molar-refractivity contribution < 1.29 is 8.42 Å². The van der Waals surface area contributed by atoms with Crippen molar-refractivity contribution in [3.05, 3.63) is 43.0 Å². The molecule has 108 valence electrons. The molecule has 0 saturated carbocycles. The van der Waals surface area contributed by atoms with Gasteiger partial charge in [-0.15, -0.1) is 11.3 Å². The zero-order chi connectivity index (χ0) is 14.9. The predicted molar refractivity (Wildman–Crippen MR) is 87.2 cm³/mol. The Labute approximate surface area is 139 Å². The zero-order valence-corrected chi connectivity index (χ0v) is 14.6. The fourth-order valence-electron chi connectivity index (χ4n) is 1.45. The molecule has 1 heterocycles. The highest BCUT2D eigenvalue weighted by Gasteiger charge is 2.21. The highest BCUT2D eigenvalue weighted by Crippen LogP contribution is 2.34. The topological polar surface area (TPSA) is 72.2 Å². The molecule has 9 heteroatoms.